The fourth-order valence-corrected chi connectivity index (χ4v) is 6.98. The van der Waals surface area contributed by atoms with Crippen LogP contribution in [0.25, 0.3) is 0 Å². The minimum absolute atomic E-state index is 0.0299. The van der Waals surface area contributed by atoms with Crippen molar-refractivity contribution in [2.45, 2.75) is 67.9 Å². The van der Waals surface area contributed by atoms with Crippen molar-refractivity contribution in [1.29, 1.82) is 0 Å². The molecule has 3 saturated carbocycles. The van der Waals surface area contributed by atoms with Crippen LogP contribution in [0.2, 0.25) is 0 Å². The first-order valence-electron chi connectivity index (χ1n) is 10.1. The Labute approximate surface area is 160 Å². The number of Topliss-reactive ketones (excluding diaryl/α,β-unsaturated/α-hetero) is 1. The number of rotatable bonds is 4. The van der Waals surface area contributed by atoms with Gasteiger partial charge in [0.1, 0.15) is 5.78 Å². The van der Waals surface area contributed by atoms with Crippen LogP contribution in [-0.2, 0) is 19.4 Å². The zero-order valence-electron chi connectivity index (χ0n) is 15.5. The second-order valence-electron chi connectivity index (χ2n) is 8.36. The smallest absolute Gasteiger partial charge is 0.227 e. The molecular formula is C21H27NO4S. The Balaban J connectivity index is 1.47. The van der Waals surface area contributed by atoms with Crippen molar-refractivity contribution in [3.05, 3.63) is 24.3 Å². The number of benzene rings is 1. The van der Waals surface area contributed by atoms with Crippen molar-refractivity contribution < 1.29 is 18.0 Å². The third kappa shape index (κ3) is 3.68. The molecule has 0 spiro atoms. The van der Waals surface area contributed by atoms with Crippen LogP contribution < -0.4 is 5.32 Å². The Morgan fingerprint density at radius 2 is 1.63 bits per heavy atom. The van der Waals surface area contributed by atoms with E-state index in [-0.39, 0.29) is 28.9 Å². The van der Waals surface area contributed by atoms with Crippen molar-refractivity contribution in [1.82, 2.24) is 0 Å². The quantitative estimate of drug-likeness (QED) is 0.851. The molecule has 0 saturated heterocycles. The van der Waals surface area contributed by atoms with E-state index in [0.29, 0.717) is 29.2 Å². The third-order valence-corrected chi connectivity index (χ3v) is 8.85. The molecule has 2 bridgehead atoms. The first kappa shape index (κ1) is 18.7. The van der Waals surface area contributed by atoms with E-state index in [9.17, 15) is 18.0 Å². The van der Waals surface area contributed by atoms with Crippen LogP contribution >= 0.6 is 0 Å². The van der Waals surface area contributed by atoms with E-state index in [1.54, 1.807) is 24.3 Å². The van der Waals surface area contributed by atoms with Crippen molar-refractivity contribution in [2.24, 2.45) is 17.8 Å². The average molecular weight is 390 g/mol. The average Bonchev–Trinajstić information content (AvgIpc) is 3.17. The molecule has 6 heteroatoms. The summed E-state index contributed by atoms with van der Waals surface area (Å²) in [6.45, 7) is 0. The van der Waals surface area contributed by atoms with Gasteiger partial charge in [0, 0.05) is 23.4 Å². The fourth-order valence-electron chi connectivity index (χ4n) is 5.08. The number of carbonyl (C=O) groups excluding carboxylic acids is 2. The maximum atomic E-state index is 12.8. The van der Waals surface area contributed by atoms with Crippen LogP contribution in [0.1, 0.15) is 57.8 Å². The number of sulfone groups is 1. The topological polar surface area (TPSA) is 80.3 Å². The SMILES string of the molecule is O=C(Nc1cccc(S(=O)(=O)C2CCCC2)c1)C1CC2CCCC(C1)C2=O. The zero-order chi connectivity index (χ0) is 19.0. The molecule has 2 unspecified atom stereocenters. The minimum atomic E-state index is -3.34. The Hall–Kier alpha value is -1.69. The van der Waals surface area contributed by atoms with Gasteiger partial charge in [-0.1, -0.05) is 25.3 Å². The van der Waals surface area contributed by atoms with E-state index in [1.807, 2.05) is 0 Å². The van der Waals surface area contributed by atoms with E-state index in [4.69, 9.17) is 0 Å². The Kier molecular flexibility index (Phi) is 5.10. The first-order valence-corrected chi connectivity index (χ1v) is 11.7. The summed E-state index contributed by atoms with van der Waals surface area (Å²) in [6, 6.07) is 6.63. The van der Waals surface area contributed by atoms with E-state index in [0.717, 1.165) is 44.9 Å². The van der Waals surface area contributed by atoms with E-state index in [2.05, 4.69) is 5.32 Å². The van der Waals surface area contributed by atoms with Gasteiger partial charge in [-0.15, -0.1) is 0 Å². The third-order valence-electron chi connectivity index (χ3n) is 6.59. The molecule has 0 heterocycles. The van der Waals surface area contributed by atoms with Gasteiger partial charge in [0.05, 0.1) is 10.1 Å². The van der Waals surface area contributed by atoms with Crippen molar-refractivity contribution >= 4 is 27.2 Å². The lowest BCUT2D eigenvalue weighted by Crippen LogP contribution is -2.40. The van der Waals surface area contributed by atoms with Gasteiger partial charge < -0.3 is 5.32 Å². The molecule has 146 valence electrons. The molecule has 0 aliphatic heterocycles. The highest BCUT2D eigenvalue weighted by atomic mass is 32.2. The van der Waals surface area contributed by atoms with Gasteiger partial charge in [-0.05, 0) is 56.7 Å². The van der Waals surface area contributed by atoms with E-state index >= 15 is 0 Å². The summed E-state index contributed by atoms with van der Waals surface area (Å²) < 4.78 is 25.6. The minimum Gasteiger partial charge on any atom is -0.326 e. The summed E-state index contributed by atoms with van der Waals surface area (Å²) >= 11 is 0. The molecule has 1 amide bonds. The highest BCUT2D eigenvalue weighted by molar-refractivity contribution is 7.92. The molecule has 1 N–H and O–H groups in total. The molecule has 0 radical (unpaired) electrons. The molecule has 0 aromatic heterocycles. The van der Waals surface area contributed by atoms with Crippen molar-refractivity contribution in [2.75, 3.05) is 5.32 Å². The monoisotopic (exact) mass is 389 g/mol. The second-order valence-corrected chi connectivity index (χ2v) is 10.6. The van der Waals surface area contributed by atoms with Gasteiger partial charge in [0.2, 0.25) is 5.91 Å². The Bertz CT molecular complexity index is 825. The number of carbonyl (C=O) groups is 2. The van der Waals surface area contributed by atoms with Crippen LogP contribution in [0, 0.1) is 17.8 Å². The molecule has 3 aliphatic rings. The molecule has 3 fully saturated rings. The van der Waals surface area contributed by atoms with Crippen LogP contribution in [0.3, 0.4) is 0 Å². The molecular weight excluding hydrogens is 362 g/mol. The molecule has 2 atom stereocenters. The van der Waals surface area contributed by atoms with Crippen LogP contribution in [-0.4, -0.2) is 25.4 Å². The lowest BCUT2D eigenvalue weighted by Gasteiger charge is -2.36. The Morgan fingerprint density at radius 3 is 2.30 bits per heavy atom. The highest BCUT2D eigenvalue weighted by Crippen LogP contribution is 2.40. The largest absolute Gasteiger partial charge is 0.326 e. The lowest BCUT2D eigenvalue weighted by atomic mass is 9.67. The Morgan fingerprint density at radius 1 is 0.963 bits per heavy atom. The number of hydrogen-bond acceptors (Lipinski definition) is 4. The summed E-state index contributed by atoms with van der Waals surface area (Å²) in [5, 5.41) is 2.61. The summed E-state index contributed by atoms with van der Waals surface area (Å²) in [5.41, 5.74) is 0.529. The van der Waals surface area contributed by atoms with E-state index in [1.165, 1.54) is 0 Å². The molecule has 3 aliphatic carbocycles. The number of anilines is 1. The van der Waals surface area contributed by atoms with Gasteiger partial charge in [0.25, 0.3) is 0 Å². The van der Waals surface area contributed by atoms with Crippen LogP contribution in [0.4, 0.5) is 5.69 Å². The molecule has 1 aromatic rings. The first-order chi connectivity index (χ1) is 12.9. The van der Waals surface area contributed by atoms with Crippen LogP contribution in [0.15, 0.2) is 29.2 Å². The number of fused-ring (bicyclic) bond motifs is 2. The molecule has 1 aromatic carbocycles. The highest BCUT2D eigenvalue weighted by Gasteiger charge is 2.41. The summed E-state index contributed by atoms with van der Waals surface area (Å²) in [4.78, 5) is 25.3. The maximum Gasteiger partial charge on any atom is 0.227 e. The molecule has 5 nitrogen and oxygen atoms in total. The number of nitrogens with one attached hydrogen (secondary N) is 1. The lowest BCUT2D eigenvalue weighted by molar-refractivity contribution is -0.136. The van der Waals surface area contributed by atoms with Gasteiger partial charge >= 0.3 is 0 Å². The summed E-state index contributed by atoms with van der Waals surface area (Å²) in [7, 11) is -3.34. The fraction of sp³-hybridized carbons (Fsp3) is 0.619. The second kappa shape index (κ2) is 7.38. The summed E-state index contributed by atoms with van der Waals surface area (Å²) in [6.07, 6.45) is 7.49. The zero-order valence-corrected chi connectivity index (χ0v) is 16.3. The van der Waals surface area contributed by atoms with E-state index < -0.39 is 9.84 Å². The van der Waals surface area contributed by atoms with Crippen molar-refractivity contribution in [3.63, 3.8) is 0 Å². The standard InChI is InChI=1S/C21H27NO4S/c23-20-14-5-3-6-15(20)12-16(11-14)21(24)22-17-7-4-10-19(13-17)27(25,26)18-8-1-2-9-18/h4,7,10,13-16,18H,1-3,5-6,8-9,11-12H2,(H,22,24). The van der Waals surface area contributed by atoms with Gasteiger partial charge in [0.15, 0.2) is 9.84 Å². The maximum absolute atomic E-state index is 12.8. The van der Waals surface area contributed by atoms with Crippen molar-refractivity contribution in [3.8, 4) is 0 Å². The molecule has 4 rings (SSSR count). The van der Waals surface area contributed by atoms with Crippen LogP contribution in [0.5, 0.6) is 0 Å². The normalized spacial score (nSPS) is 28.9. The number of hydrogen-bond donors (Lipinski definition) is 1. The number of ketones is 1. The predicted molar refractivity (Wildman–Crippen MR) is 103 cm³/mol. The summed E-state index contributed by atoms with van der Waals surface area (Å²) in [5.74, 6) is 0.155. The number of amides is 1. The molecule has 27 heavy (non-hydrogen) atoms. The van der Waals surface area contributed by atoms with Gasteiger partial charge in [-0.3, -0.25) is 9.59 Å². The van der Waals surface area contributed by atoms with Gasteiger partial charge in [-0.25, -0.2) is 8.42 Å². The predicted octanol–water partition coefficient (Wildman–Crippen LogP) is 3.74. The van der Waals surface area contributed by atoms with Gasteiger partial charge in [-0.2, -0.15) is 0 Å².